The normalized spacial score (nSPS) is 17.4. The average Bonchev–Trinajstić information content (AvgIpc) is 3.52. The number of unbranched alkanes of at least 4 members (excludes halogenated alkanes) is 1. The van der Waals surface area contributed by atoms with Crippen LogP contribution in [0.4, 0.5) is 4.79 Å². The number of likely N-dealkylation sites (tertiary alicyclic amines) is 1. The minimum Gasteiger partial charge on any atom is -0.445 e. The predicted molar refractivity (Wildman–Crippen MR) is 178 cm³/mol. The van der Waals surface area contributed by atoms with E-state index in [4.69, 9.17) is 4.74 Å². The van der Waals surface area contributed by atoms with Crippen LogP contribution in [0, 0.1) is 0 Å². The van der Waals surface area contributed by atoms with Crippen molar-refractivity contribution in [2.24, 2.45) is 0 Å². The van der Waals surface area contributed by atoms with E-state index in [-0.39, 0.29) is 24.3 Å². The number of nitrogens with zero attached hydrogens (tertiary/aromatic N) is 4. The van der Waals surface area contributed by atoms with Crippen LogP contribution in [0.25, 0.3) is 5.69 Å². The Morgan fingerprint density at radius 1 is 0.979 bits per heavy atom. The summed E-state index contributed by atoms with van der Waals surface area (Å²) in [6.07, 6.45) is 6.03. The van der Waals surface area contributed by atoms with Gasteiger partial charge in [0.05, 0.1) is 23.1 Å². The van der Waals surface area contributed by atoms with Crippen molar-refractivity contribution >= 4 is 23.8 Å². The minimum absolute atomic E-state index is 0.0733. The molecule has 5 rings (SSSR count). The molecular formula is C36H46N6O5. The summed E-state index contributed by atoms with van der Waals surface area (Å²) in [6.45, 7) is 5.93. The maximum absolute atomic E-state index is 13.8. The van der Waals surface area contributed by atoms with Crippen LogP contribution in [0.15, 0.2) is 66.9 Å². The topological polar surface area (TPSA) is 126 Å². The molecule has 1 spiro atoms. The molecule has 11 heteroatoms. The monoisotopic (exact) mass is 642 g/mol. The Morgan fingerprint density at radius 2 is 1.68 bits per heavy atom. The smallest absolute Gasteiger partial charge is 0.407 e. The second kappa shape index (κ2) is 15.8. The first-order valence-corrected chi connectivity index (χ1v) is 16.9. The Labute approximate surface area is 276 Å². The summed E-state index contributed by atoms with van der Waals surface area (Å²) in [5, 5.41) is 10.3. The molecule has 1 atom stereocenters. The molecule has 0 aliphatic carbocycles. The SMILES string of the molecule is CCCc1c(C(=O)N2CCC3(CC2)C(=O)N[C@@H](CCCCNC(=O)OCc2ccccc2)C(=O)N3CCC)cnn1-c1ccccc1. The Bertz CT molecular complexity index is 1520. The van der Waals surface area contributed by atoms with Gasteiger partial charge < -0.3 is 25.2 Å². The summed E-state index contributed by atoms with van der Waals surface area (Å²) < 4.78 is 7.09. The molecule has 2 aromatic carbocycles. The standard InChI is InChI=1S/C36H46N6O5/c1-3-13-31-29(25-38-42(31)28-16-9-6-10-17-28)32(43)40-23-19-36(20-24-40)34(45)39-30(33(44)41(36)22-4-2)18-11-12-21-37-35(46)47-26-27-14-7-5-8-15-27/h5-10,14-17,25,30H,3-4,11-13,18-24,26H2,1-2H3,(H,37,46)(H,39,45)/t30-/m0/s1. The number of ether oxygens (including phenoxy) is 1. The van der Waals surface area contributed by atoms with Crippen LogP contribution < -0.4 is 10.6 Å². The van der Waals surface area contributed by atoms with Crippen LogP contribution in [-0.4, -0.2) is 81.2 Å². The predicted octanol–water partition coefficient (Wildman–Crippen LogP) is 4.63. The molecule has 3 heterocycles. The van der Waals surface area contributed by atoms with Crippen molar-refractivity contribution in [1.82, 2.24) is 30.2 Å². The highest BCUT2D eigenvalue weighted by atomic mass is 16.5. The van der Waals surface area contributed by atoms with E-state index >= 15 is 0 Å². The summed E-state index contributed by atoms with van der Waals surface area (Å²) in [4.78, 5) is 56.9. The van der Waals surface area contributed by atoms with Crippen molar-refractivity contribution in [3.63, 3.8) is 0 Å². The molecule has 11 nitrogen and oxygen atoms in total. The fourth-order valence-electron chi connectivity index (χ4n) is 6.63. The number of nitrogens with one attached hydrogen (secondary N) is 2. The van der Waals surface area contributed by atoms with E-state index in [1.54, 1.807) is 16.0 Å². The molecule has 2 aliphatic rings. The van der Waals surface area contributed by atoms with Crippen molar-refractivity contribution < 1.29 is 23.9 Å². The highest BCUT2D eigenvalue weighted by Crippen LogP contribution is 2.34. The number of rotatable bonds is 13. The zero-order valence-corrected chi connectivity index (χ0v) is 27.5. The number of carbonyl (C=O) groups excluding carboxylic acids is 4. The number of amides is 4. The highest BCUT2D eigenvalue weighted by molar-refractivity contribution is 6.00. The number of aromatic nitrogens is 2. The molecule has 2 saturated heterocycles. The zero-order valence-electron chi connectivity index (χ0n) is 27.5. The second-order valence-corrected chi connectivity index (χ2v) is 12.3. The van der Waals surface area contributed by atoms with Crippen molar-refractivity contribution in [3.8, 4) is 5.69 Å². The lowest BCUT2D eigenvalue weighted by molar-refractivity contribution is -0.161. The van der Waals surface area contributed by atoms with E-state index in [2.05, 4.69) is 22.7 Å². The highest BCUT2D eigenvalue weighted by Gasteiger charge is 2.53. The van der Waals surface area contributed by atoms with E-state index in [0.29, 0.717) is 70.3 Å². The molecule has 2 N–H and O–H groups in total. The minimum atomic E-state index is -0.967. The number of benzene rings is 2. The lowest BCUT2D eigenvalue weighted by Gasteiger charge is -2.51. The summed E-state index contributed by atoms with van der Waals surface area (Å²) in [5.74, 6) is -0.310. The lowest BCUT2D eigenvalue weighted by atomic mass is 9.81. The van der Waals surface area contributed by atoms with Gasteiger partial charge in [0, 0.05) is 26.2 Å². The van der Waals surface area contributed by atoms with Gasteiger partial charge in [-0.05, 0) is 62.6 Å². The molecule has 0 bridgehead atoms. The fraction of sp³-hybridized carbons (Fsp3) is 0.472. The summed E-state index contributed by atoms with van der Waals surface area (Å²) in [5.41, 5.74) is 2.32. The Balaban J connectivity index is 1.15. The largest absolute Gasteiger partial charge is 0.445 e. The number of hydrogen-bond acceptors (Lipinski definition) is 6. The third kappa shape index (κ3) is 7.66. The van der Waals surface area contributed by atoms with Gasteiger partial charge in [-0.2, -0.15) is 5.10 Å². The van der Waals surface area contributed by atoms with Gasteiger partial charge in [-0.25, -0.2) is 9.48 Å². The molecule has 2 fully saturated rings. The summed E-state index contributed by atoms with van der Waals surface area (Å²) >= 11 is 0. The Morgan fingerprint density at radius 3 is 2.36 bits per heavy atom. The van der Waals surface area contributed by atoms with Crippen LogP contribution in [0.2, 0.25) is 0 Å². The van der Waals surface area contributed by atoms with E-state index < -0.39 is 17.7 Å². The van der Waals surface area contributed by atoms with Crippen LogP contribution in [0.3, 0.4) is 0 Å². The molecule has 2 aliphatic heterocycles. The number of para-hydroxylation sites is 1. The number of hydrogen-bond donors (Lipinski definition) is 2. The molecular weight excluding hydrogens is 596 g/mol. The van der Waals surface area contributed by atoms with Crippen LogP contribution in [0.1, 0.15) is 80.4 Å². The molecule has 250 valence electrons. The van der Waals surface area contributed by atoms with Crippen LogP contribution in [-0.2, 0) is 27.4 Å². The molecule has 3 aromatic rings. The number of piperidine rings is 1. The molecule has 0 unspecified atom stereocenters. The first-order valence-electron chi connectivity index (χ1n) is 16.9. The van der Waals surface area contributed by atoms with E-state index in [1.165, 1.54) is 0 Å². The van der Waals surface area contributed by atoms with Gasteiger partial charge in [0.1, 0.15) is 18.2 Å². The molecule has 4 amide bonds. The molecule has 47 heavy (non-hydrogen) atoms. The number of carbonyl (C=O) groups is 4. The average molecular weight is 643 g/mol. The van der Waals surface area contributed by atoms with E-state index in [9.17, 15) is 19.2 Å². The van der Waals surface area contributed by atoms with Gasteiger partial charge in [-0.3, -0.25) is 14.4 Å². The van der Waals surface area contributed by atoms with Crippen molar-refractivity contribution in [1.29, 1.82) is 0 Å². The maximum Gasteiger partial charge on any atom is 0.407 e. The zero-order chi connectivity index (χ0) is 33.2. The second-order valence-electron chi connectivity index (χ2n) is 12.3. The van der Waals surface area contributed by atoms with Crippen molar-refractivity contribution in [3.05, 3.63) is 83.7 Å². The maximum atomic E-state index is 13.8. The fourth-order valence-corrected chi connectivity index (χ4v) is 6.63. The first kappa shape index (κ1) is 33.7. The number of alkyl carbamates (subject to hydrolysis) is 1. The van der Waals surface area contributed by atoms with Crippen LogP contribution >= 0.6 is 0 Å². The summed E-state index contributed by atoms with van der Waals surface area (Å²) in [7, 11) is 0. The van der Waals surface area contributed by atoms with Gasteiger partial charge in [-0.1, -0.05) is 68.8 Å². The van der Waals surface area contributed by atoms with Crippen molar-refractivity contribution in [2.45, 2.75) is 83.4 Å². The van der Waals surface area contributed by atoms with Gasteiger partial charge in [0.15, 0.2) is 0 Å². The van der Waals surface area contributed by atoms with E-state index in [0.717, 1.165) is 29.8 Å². The number of piperazine rings is 1. The van der Waals surface area contributed by atoms with Gasteiger partial charge >= 0.3 is 6.09 Å². The summed E-state index contributed by atoms with van der Waals surface area (Å²) in [6, 6.07) is 18.7. The first-order chi connectivity index (χ1) is 22.9. The van der Waals surface area contributed by atoms with Gasteiger partial charge in [0.25, 0.3) is 5.91 Å². The van der Waals surface area contributed by atoms with Crippen LogP contribution in [0.5, 0.6) is 0 Å². The lowest BCUT2D eigenvalue weighted by Crippen LogP contribution is -2.73. The van der Waals surface area contributed by atoms with Crippen molar-refractivity contribution in [2.75, 3.05) is 26.2 Å². The van der Waals surface area contributed by atoms with Gasteiger partial charge in [0.2, 0.25) is 11.8 Å². The molecule has 1 aromatic heterocycles. The van der Waals surface area contributed by atoms with E-state index in [1.807, 2.05) is 72.3 Å². The molecule has 0 saturated carbocycles. The molecule has 0 radical (unpaired) electrons. The van der Waals surface area contributed by atoms with Gasteiger partial charge in [-0.15, -0.1) is 0 Å². The third-order valence-corrected chi connectivity index (χ3v) is 9.12. The quantitative estimate of drug-likeness (QED) is 0.262. The third-order valence-electron chi connectivity index (χ3n) is 9.12. The Hall–Kier alpha value is -4.67. The Kier molecular flexibility index (Phi) is 11.3.